The van der Waals surface area contributed by atoms with E-state index in [0.29, 0.717) is 12.7 Å². The molecule has 0 saturated carbocycles. The molecule has 6 heteroatoms. The highest BCUT2D eigenvalue weighted by molar-refractivity contribution is 5.80. The number of fused-ring (bicyclic) bond motifs is 1. The summed E-state index contributed by atoms with van der Waals surface area (Å²) >= 11 is 0. The molecule has 2 aliphatic rings. The minimum atomic E-state index is 0.319. The lowest BCUT2D eigenvalue weighted by molar-refractivity contribution is 0.157. The molecule has 1 fully saturated rings. The Morgan fingerprint density at radius 3 is 3.08 bits per heavy atom. The van der Waals surface area contributed by atoms with E-state index in [1.807, 2.05) is 6.07 Å². The van der Waals surface area contributed by atoms with E-state index < -0.39 is 0 Å². The van der Waals surface area contributed by atoms with Crippen molar-refractivity contribution in [1.82, 2.24) is 10.2 Å². The van der Waals surface area contributed by atoms with Crippen LogP contribution in [0.25, 0.3) is 0 Å². The van der Waals surface area contributed by atoms with E-state index in [2.05, 4.69) is 29.3 Å². The van der Waals surface area contributed by atoms with E-state index in [4.69, 9.17) is 19.2 Å². The van der Waals surface area contributed by atoms with Crippen LogP contribution in [0.4, 0.5) is 0 Å². The van der Waals surface area contributed by atoms with Gasteiger partial charge in [0.2, 0.25) is 6.79 Å². The van der Waals surface area contributed by atoms with Crippen molar-refractivity contribution in [2.45, 2.75) is 19.8 Å². The van der Waals surface area contributed by atoms with Gasteiger partial charge in [-0.05, 0) is 37.5 Å². The summed E-state index contributed by atoms with van der Waals surface area (Å²) in [5.41, 5.74) is 1.22. The van der Waals surface area contributed by atoms with Gasteiger partial charge in [0, 0.05) is 39.2 Å². The van der Waals surface area contributed by atoms with Gasteiger partial charge in [0.25, 0.3) is 0 Å². The van der Waals surface area contributed by atoms with Crippen LogP contribution in [0, 0.1) is 5.92 Å². The zero-order chi connectivity index (χ0) is 16.8. The maximum Gasteiger partial charge on any atom is 0.231 e. The highest BCUT2D eigenvalue weighted by atomic mass is 16.7. The van der Waals surface area contributed by atoms with Crippen molar-refractivity contribution < 1.29 is 14.2 Å². The summed E-state index contributed by atoms with van der Waals surface area (Å²) in [6.45, 7) is 6.96. The zero-order valence-corrected chi connectivity index (χ0v) is 14.6. The average molecular weight is 333 g/mol. The Hall–Kier alpha value is -1.95. The largest absolute Gasteiger partial charge is 0.454 e. The number of hydrogen-bond donors (Lipinski definition) is 1. The minimum Gasteiger partial charge on any atom is -0.454 e. The first-order valence-corrected chi connectivity index (χ1v) is 8.71. The molecule has 6 nitrogen and oxygen atoms in total. The molecule has 0 aromatic heterocycles. The molecule has 2 heterocycles. The van der Waals surface area contributed by atoms with Crippen molar-refractivity contribution in [3.05, 3.63) is 23.8 Å². The van der Waals surface area contributed by atoms with Crippen LogP contribution in [-0.2, 0) is 11.2 Å². The van der Waals surface area contributed by atoms with Crippen molar-refractivity contribution >= 4 is 5.96 Å². The molecule has 0 radical (unpaired) electrons. The van der Waals surface area contributed by atoms with Gasteiger partial charge in [-0.15, -0.1) is 0 Å². The highest BCUT2D eigenvalue weighted by Crippen LogP contribution is 2.32. The van der Waals surface area contributed by atoms with Gasteiger partial charge < -0.3 is 24.4 Å². The fourth-order valence-electron chi connectivity index (χ4n) is 3.21. The van der Waals surface area contributed by atoms with Gasteiger partial charge in [-0.3, -0.25) is 4.99 Å². The molecule has 0 spiro atoms. The second-order valence-corrected chi connectivity index (χ2v) is 6.23. The Kier molecular flexibility index (Phi) is 5.80. The summed E-state index contributed by atoms with van der Waals surface area (Å²) in [5.74, 6) is 3.28. The Labute approximate surface area is 143 Å². The fourth-order valence-corrected chi connectivity index (χ4v) is 3.21. The number of nitrogens with one attached hydrogen (secondary N) is 1. The third kappa shape index (κ3) is 4.12. The maximum absolute atomic E-state index is 5.43. The van der Waals surface area contributed by atoms with Gasteiger partial charge in [0.1, 0.15) is 0 Å². The standard InChI is InChI=1S/C18H27N3O3/c1-3-19-18(21-9-7-15(11-21)12-22-2)20-8-6-14-4-5-16-17(10-14)24-13-23-16/h4-5,10,15H,3,6-9,11-13H2,1-2H3,(H,19,20). The van der Waals surface area contributed by atoms with Gasteiger partial charge in [-0.25, -0.2) is 0 Å². The third-order valence-corrected chi connectivity index (χ3v) is 4.42. The average Bonchev–Trinajstić information content (AvgIpc) is 3.23. The summed E-state index contributed by atoms with van der Waals surface area (Å²) in [7, 11) is 1.77. The number of rotatable bonds is 6. The SMILES string of the molecule is CCNC(=NCCc1ccc2c(c1)OCO2)N1CCC(COC)C1. The Bertz CT molecular complexity index is 577. The lowest BCUT2D eigenvalue weighted by Gasteiger charge is -2.21. The zero-order valence-electron chi connectivity index (χ0n) is 14.6. The number of methoxy groups -OCH3 is 1. The van der Waals surface area contributed by atoms with Gasteiger partial charge in [-0.1, -0.05) is 6.07 Å². The van der Waals surface area contributed by atoms with E-state index in [9.17, 15) is 0 Å². The van der Waals surface area contributed by atoms with Gasteiger partial charge >= 0.3 is 0 Å². The Balaban J connectivity index is 1.56. The summed E-state index contributed by atoms with van der Waals surface area (Å²) in [5, 5.41) is 3.41. The van der Waals surface area contributed by atoms with Gasteiger partial charge in [0.05, 0.1) is 6.61 Å². The smallest absolute Gasteiger partial charge is 0.231 e. The first-order valence-electron chi connectivity index (χ1n) is 8.71. The van der Waals surface area contributed by atoms with Crippen LogP contribution < -0.4 is 14.8 Å². The second-order valence-electron chi connectivity index (χ2n) is 6.23. The molecule has 0 bridgehead atoms. The first kappa shape index (κ1) is 16.9. The quantitative estimate of drug-likeness (QED) is 0.636. The van der Waals surface area contributed by atoms with Crippen LogP contribution in [0.5, 0.6) is 11.5 Å². The van der Waals surface area contributed by atoms with E-state index in [-0.39, 0.29) is 0 Å². The normalized spacial score (nSPS) is 19.8. The van der Waals surface area contributed by atoms with Crippen molar-refractivity contribution in [3.8, 4) is 11.5 Å². The number of nitrogens with zero attached hydrogens (tertiary/aromatic N) is 2. The molecule has 3 rings (SSSR count). The highest BCUT2D eigenvalue weighted by Gasteiger charge is 2.24. The minimum absolute atomic E-state index is 0.319. The van der Waals surface area contributed by atoms with Crippen molar-refractivity contribution in [1.29, 1.82) is 0 Å². The number of aliphatic imine (C=N–C) groups is 1. The number of ether oxygens (including phenoxy) is 3. The molecule has 0 aliphatic carbocycles. The maximum atomic E-state index is 5.43. The Morgan fingerprint density at radius 2 is 2.25 bits per heavy atom. The molecule has 0 amide bonds. The van der Waals surface area contributed by atoms with E-state index in [0.717, 1.165) is 56.7 Å². The van der Waals surface area contributed by atoms with Crippen LogP contribution in [-0.4, -0.2) is 57.5 Å². The van der Waals surface area contributed by atoms with Crippen molar-refractivity contribution in [3.63, 3.8) is 0 Å². The van der Waals surface area contributed by atoms with E-state index in [1.165, 1.54) is 12.0 Å². The molecule has 2 aliphatic heterocycles. The topological polar surface area (TPSA) is 55.3 Å². The van der Waals surface area contributed by atoms with Crippen molar-refractivity contribution in [2.24, 2.45) is 10.9 Å². The van der Waals surface area contributed by atoms with Crippen LogP contribution in [0.1, 0.15) is 18.9 Å². The van der Waals surface area contributed by atoms with Gasteiger partial charge in [0.15, 0.2) is 17.5 Å². The number of guanidine groups is 1. The molecule has 1 saturated heterocycles. The van der Waals surface area contributed by atoms with E-state index in [1.54, 1.807) is 7.11 Å². The Morgan fingerprint density at radius 1 is 1.38 bits per heavy atom. The predicted molar refractivity (Wildman–Crippen MR) is 93.8 cm³/mol. The lowest BCUT2D eigenvalue weighted by Crippen LogP contribution is -2.40. The third-order valence-electron chi connectivity index (χ3n) is 4.42. The lowest BCUT2D eigenvalue weighted by atomic mass is 10.1. The van der Waals surface area contributed by atoms with Crippen LogP contribution in [0.15, 0.2) is 23.2 Å². The van der Waals surface area contributed by atoms with E-state index >= 15 is 0 Å². The predicted octanol–water partition coefficient (Wildman–Crippen LogP) is 1.89. The molecular weight excluding hydrogens is 306 g/mol. The summed E-state index contributed by atoms with van der Waals surface area (Å²) in [6.07, 6.45) is 2.06. The molecule has 132 valence electrons. The molecule has 1 aromatic carbocycles. The summed E-state index contributed by atoms with van der Waals surface area (Å²) in [6, 6.07) is 6.11. The van der Waals surface area contributed by atoms with Gasteiger partial charge in [-0.2, -0.15) is 0 Å². The van der Waals surface area contributed by atoms with Crippen LogP contribution in [0.2, 0.25) is 0 Å². The molecular formula is C18H27N3O3. The van der Waals surface area contributed by atoms with Crippen LogP contribution in [0.3, 0.4) is 0 Å². The summed E-state index contributed by atoms with van der Waals surface area (Å²) < 4.78 is 16.1. The van der Waals surface area contributed by atoms with Crippen molar-refractivity contribution in [2.75, 3.05) is 46.7 Å². The monoisotopic (exact) mass is 333 g/mol. The molecule has 1 unspecified atom stereocenters. The molecule has 1 aromatic rings. The second kappa shape index (κ2) is 8.24. The first-order chi connectivity index (χ1) is 11.8. The number of likely N-dealkylation sites (tertiary alicyclic amines) is 1. The molecule has 1 N–H and O–H groups in total. The molecule has 1 atom stereocenters. The number of hydrogen-bond acceptors (Lipinski definition) is 4. The summed E-state index contributed by atoms with van der Waals surface area (Å²) in [4.78, 5) is 7.14. The molecule has 24 heavy (non-hydrogen) atoms. The van der Waals surface area contributed by atoms with Crippen LogP contribution >= 0.6 is 0 Å². The fraction of sp³-hybridized carbons (Fsp3) is 0.611. The number of benzene rings is 1.